The van der Waals surface area contributed by atoms with Crippen molar-refractivity contribution < 1.29 is 0 Å². The van der Waals surface area contributed by atoms with Gasteiger partial charge < -0.3 is 0 Å². The maximum Gasteiger partial charge on any atom is 0.0130 e. The van der Waals surface area contributed by atoms with E-state index in [1.54, 1.807) is 0 Å². The topological polar surface area (TPSA) is 0 Å². The lowest BCUT2D eigenvalue weighted by Gasteiger charge is -2.40. The van der Waals surface area contributed by atoms with Crippen molar-refractivity contribution in [3.63, 3.8) is 0 Å². The van der Waals surface area contributed by atoms with Gasteiger partial charge in [0.15, 0.2) is 0 Å². The summed E-state index contributed by atoms with van der Waals surface area (Å²) < 4.78 is 0. The van der Waals surface area contributed by atoms with Crippen LogP contribution in [0.15, 0.2) is 24.3 Å². The van der Waals surface area contributed by atoms with Crippen molar-refractivity contribution in [1.29, 1.82) is 0 Å². The van der Waals surface area contributed by atoms with E-state index in [0.717, 1.165) is 23.7 Å². The van der Waals surface area contributed by atoms with E-state index in [9.17, 15) is 0 Å². The highest BCUT2D eigenvalue weighted by Gasteiger charge is 2.37. The quantitative estimate of drug-likeness (QED) is 0.670. The average Bonchev–Trinajstić information content (AvgIpc) is 2.82. The first-order chi connectivity index (χ1) is 9.16. The van der Waals surface area contributed by atoms with Crippen LogP contribution in [0.4, 0.5) is 0 Å². The van der Waals surface area contributed by atoms with Crippen LogP contribution in [0.5, 0.6) is 0 Å². The standard InChI is InChI=1S/C19H25/c1-13(2)16-10-8-14(3)12-19(16)18-11-9-15-6-4-5-7-17(15)18/h4-7,9,13-14,16,18-19H,8,10,12H2,1-3H3/t14-,16+,18?,19+/m1/s1. The third-order valence-electron chi connectivity index (χ3n) is 5.25. The molecule has 1 aromatic carbocycles. The fraction of sp³-hybridized carbons (Fsp3) is 0.579. The van der Waals surface area contributed by atoms with Gasteiger partial charge in [0.2, 0.25) is 0 Å². The third kappa shape index (κ3) is 2.38. The lowest BCUT2D eigenvalue weighted by Crippen LogP contribution is -2.31. The highest BCUT2D eigenvalue weighted by atomic mass is 14.4. The predicted octanol–water partition coefficient (Wildman–Crippen LogP) is 5.31. The van der Waals surface area contributed by atoms with Gasteiger partial charge in [0, 0.05) is 5.92 Å². The first kappa shape index (κ1) is 13.0. The second kappa shape index (κ2) is 5.15. The smallest absolute Gasteiger partial charge is 0.0130 e. The van der Waals surface area contributed by atoms with Gasteiger partial charge in [-0.15, -0.1) is 0 Å². The molecular formula is C19H25. The summed E-state index contributed by atoms with van der Waals surface area (Å²) in [5.74, 6) is 3.89. The molecule has 1 saturated carbocycles. The average molecular weight is 253 g/mol. The van der Waals surface area contributed by atoms with Crippen LogP contribution < -0.4 is 0 Å². The summed E-state index contributed by atoms with van der Waals surface area (Å²) in [6, 6.07) is 8.87. The number of hydrogen-bond acceptors (Lipinski definition) is 0. The van der Waals surface area contributed by atoms with Gasteiger partial charge in [0.1, 0.15) is 0 Å². The van der Waals surface area contributed by atoms with Crippen LogP contribution in [-0.2, 0) is 0 Å². The maximum absolute atomic E-state index is 3.67. The summed E-state index contributed by atoms with van der Waals surface area (Å²) in [5.41, 5.74) is 2.92. The summed E-state index contributed by atoms with van der Waals surface area (Å²) in [5, 5.41) is 0. The van der Waals surface area contributed by atoms with Crippen LogP contribution >= 0.6 is 0 Å². The monoisotopic (exact) mass is 253 g/mol. The zero-order chi connectivity index (χ0) is 13.4. The minimum absolute atomic E-state index is 0.548. The molecule has 1 aromatic rings. The predicted molar refractivity (Wildman–Crippen MR) is 81.7 cm³/mol. The maximum atomic E-state index is 3.67. The number of allylic oxidation sites excluding steroid dienone is 1. The molecule has 0 spiro atoms. The second-order valence-electron chi connectivity index (χ2n) is 6.91. The molecule has 1 radical (unpaired) electrons. The molecule has 0 heterocycles. The van der Waals surface area contributed by atoms with E-state index in [4.69, 9.17) is 0 Å². The molecule has 0 bridgehead atoms. The summed E-state index contributed by atoms with van der Waals surface area (Å²) in [6.07, 6.45) is 10.1. The van der Waals surface area contributed by atoms with Gasteiger partial charge in [-0.1, -0.05) is 57.5 Å². The molecule has 3 rings (SSSR count). The van der Waals surface area contributed by atoms with Crippen LogP contribution in [0.1, 0.15) is 57.1 Å². The zero-order valence-electron chi connectivity index (χ0n) is 12.4. The molecular weight excluding hydrogens is 228 g/mol. The Hall–Kier alpha value is -1.04. The first-order valence-corrected chi connectivity index (χ1v) is 7.85. The Labute approximate surface area is 117 Å². The Morgan fingerprint density at radius 1 is 1.16 bits per heavy atom. The molecule has 0 saturated heterocycles. The summed E-state index contributed by atoms with van der Waals surface area (Å²) in [4.78, 5) is 0. The third-order valence-corrected chi connectivity index (χ3v) is 5.25. The molecule has 101 valence electrons. The van der Waals surface area contributed by atoms with E-state index in [-0.39, 0.29) is 0 Å². The lowest BCUT2D eigenvalue weighted by atomic mass is 9.64. The summed E-state index contributed by atoms with van der Waals surface area (Å²) in [6.45, 7) is 7.23. The lowest BCUT2D eigenvalue weighted by molar-refractivity contribution is 0.131. The molecule has 2 aliphatic carbocycles. The van der Waals surface area contributed by atoms with E-state index in [0.29, 0.717) is 5.92 Å². The molecule has 0 N–H and O–H groups in total. The largest absolute Gasteiger partial charge is 0.0625 e. The van der Waals surface area contributed by atoms with Crippen LogP contribution in [0.2, 0.25) is 0 Å². The second-order valence-corrected chi connectivity index (χ2v) is 6.91. The molecule has 0 aliphatic heterocycles. The molecule has 19 heavy (non-hydrogen) atoms. The van der Waals surface area contributed by atoms with Gasteiger partial charge in [-0.05, 0) is 53.7 Å². The summed E-state index contributed by atoms with van der Waals surface area (Å²) in [7, 11) is 0. The number of fused-ring (bicyclic) bond motifs is 1. The van der Waals surface area contributed by atoms with Crippen LogP contribution in [0, 0.1) is 29.7 Å². The van der Waals surface area contributed by atoms with Crippen molar-refractivity contribution in [3.05, 3.63) is 41.5 Å². The molecule has 1 unspecified atom stereocenters. The van der Waals surface area contributed by atoms with E-state index < -0.39 is 0 Å². The van der Waals surface area contributed by atoms with Gasteiger partial charge in [-0.25, -0.2) is 0 Å². The number of hydrogen-bond donors (Lipinski definition) is 0. The van der Waals surface area contributed by atoms with E-state index in [1.807, 2.05) is 0 Å². The zero-order valence-corrected chi connectivity index (χ0v) is 12.4. The molecule has 4 atom stereocenters. The van der Waals surface area contributed by atoms with Crippen molar-refractivity contribution >= 4 is 6.08 Å². The Balaban J connectivity index is 1.90. The van der Waals surface area contributed by atoms with Crippen molar-refractivity contribution in [3.8, 4) is 0 Å². The molecule has 0 amide bonds. The van der Waals surface area contributed by atoms with E-state index in [1.165, 1.54) is 30.4 Å². The normalized spacial score (nSPS) is 33.7. The Morgan fingerprint density at radius 2 is 1.95 bits per heavy atom. The van der Waals surface area contributed by atoms with Crippen LogP contribution in [0.25, 0.3) is 6.08 Å². The van der Waals surface area contributed by atoms with Gasteiger partial charge in [0.05, 0.1) is 0 Å². The van der Waals surface area contributed by atoms with Crippen LogP contribution in [-0.4, -0.2) is 0 Å². The van der Waals surface area contributed by atoms with Crippen molar-refractivity contribution in [2.24, 2.45) is 23.7 Å². The summed E-state index contributed by atoms with van der Waals surface area (Å²) >= 11 is 0. The Morgan fingerprint density at radius 3 is 2.74 bits per heavy atom. The highest BCUT2D eigenvalue weighted by molar-refractivity contribution is 5.60. The fourth-order valence-corrected chi connectivity index (χ4v) is 4.21. The highest BCUT2D eigenvalue weighted by Crippen LogP contribution is 2.48. The fourth-order valence-electron chi connectivity index (χ4n) is 4.21. The molecule has 0 nitrogen and oxygen atoms in total. The van der Waals surface area contributed by atoms with Crippen molar-refractivity contribution in [2.45, 2.75) is 46.0 Å². The van der Waals surface area contributed by atoms with Crippen LogP contribution in [0.3, 0.4) is 0 Å². The van der Waals surface area contributed by atoms with E-state index >= 15 is 0 Å². The van der Waals surface area contributed by atoms with Gasteiger partial charge in [0.25, 0.3) is 0 Å². The van der Waals surface area contributed by atoms with E-state index in [2.05, 4.69) is 57.2 Å². The minimum Gasteiger partial charge on any atom is -0.0625 e. The Kier molecular flexibility index (Phi) is 3.52. The van der Waals surface area contributed by atoms with Crippen molar-refractivity contribution in [2.75, 3.05) is 0 Å². The minimum atomic E-state index is 0.548. The Bertz CT molecular complexity index is 469. The van der Waals surface area contributed by atoms with Gasteiger partial charge in [-0.3, -0.25) is 0 Å². The molecule has 0 heteroatoms. The first-order valence-electron chi connectivity index (χ1n) is 7.85. The SMILES string of the molecule is CC(C)[C@@H]1CC[C@@H](C)C[C@@H]1C1[C]=Cc2ccccc21. The number of benzene rings is 1. The van der Waals surface area contributed by atoms with Crippen molar-refractivity contribution in [1.82, 2.24) is 0 Å². The molecule has 2 aliphatic rings. The van der Waals surface area contributed by atoms with Gasteiger partial charge >= 0.3 is 0 Å². The van der Waals surface area contributed by atoms with Gasteiger partial charge in [-0.2, -0.15) is 0 Å². The molecule has 1 fully saturated rings. The number of rotatable bonds is 2. The molecule has 0 aromatic heterocycles.